The van der Waals surface area contributed by atoms with Gasteiger partial charge in [-0.1, -0.05) is 0 Å². The molecule has 3 aliphatic heterocycles. The summed E-state index contributed by atoms with van der Waals surface area (Å²) >= 11 is 1.30. The highest BCUT2D eigenvalue weighted by atomic mass is 32.2. The van der Waals surface area contributed by atoms with Crippen LogP contribution < -0.4 is 0 Å². The number of carbonyl (C=O) groups is 1. The Labute approximate surface area is 154 Å². The molecule has 0 unspecified atom stereocenters. The Kier molecular flexibility index (Phi) is 6.09. The van der Waals surface area contributed by atoms with Crippen LogP contribution in [0.5, 0.6) is 0 Å². The third-order valence-corrected chi connectivity index (χ3v) is 5.80. The minimum atomic E-state index is -1.47. The first-order valence-corrected chi connectivity index (χ1v) is 9.15. The molecule has 4 N–H and O–H groups in total. The summed E-state index contributed by atoms with van der Waals surface area (Å²) < 4.78 is 21.0. The highest BCUT2D eigenvalue weighted by Gasteiger charge is 2.47. The second kappa shape index (κ2) is 7.98. The number of carbonyl (C=O) groups excluding carboxylic acids is 1. The summed E-state index contributed by atoms with van der Waals surface area (Å²) in [6.45, 7) is -0.0459. The molecule has 0 spiro atoms. The molecule has 2 saturated heterocycles. The van der Waals surface area contributed by atoms with Gasteiger partial charge in [-0.15, -0.1) is 11.8 Å². The Balaban J connectivity index is 1.73. The van der Waals surface area contributed by atoms with Gasteiger partial charge in [0.25, 0.3) is 0 Å². The summed E-state index contributed by atoms with van der Waals surface area (Å²) in [7, 11) is 2.71. The monoisotopic (exact) mass is 393 g/mol. The molecule has 3 heterocycles. The number of ether oxygens (including phenoxy) is 4. The van der Waals surface area contributed by atoms with Crippen molar-refractivity contribution in [1.82, 2.24) is 4.90 Å². The molecule has 11 heteroatoms. The molecular formula is C15H23NO9S. The number of nitrogens with zero attached hydrogens (tertiary/aromatic N) is 1. The van der Waals surface area contributed by atoms with E-state index in [2.05, 4.69) is 0 Å². The van der Waals surface area contributed by atoms with Gasteiger partial charge in [0.2, 0.25) is 12.2 Å². The van der Waals surface area contributed by atoms with E-state index in [1.807, 2.05) is 0 Å². The zero-order chi connectivity index (χ0) is 19.0. The number of aliphatic hydroxyl groups excluding tert-OH is 4. The van der Waals surface area contributed by atoms with Crippen LogP contribution in [0.25, 0.3) is 0 Å². The highest BCUT2D eigenvalue weighted by Crippen LogP contribution is 2.36. The lowest BCUT2D eigenvalue weighted by atomic mass is 9.98. The smallest absolute Gasteiger partial charge is 0.234 e. The standard InChI is InChI=1S/C15H23NO9S/c1-22-14-6(17)3-7(24-14)13-16(9(18)5-26-13)4-8-10(19)11(20)12(21)15(23-2)25-8/h3,6,8,10-15,17,19-21H,4-5H2,1-2H3/t6-,8-,10-,11+,12-,13-,14-,15+/m1/s1. The lowest BCUT2D eigenvalue weighted by Gasteiger charge is -2.41. The van der Waals surface area contributed by atoms with Crippen molar-refractivity contribution < 1.29 is 44.2 Å². The topological polar surface area (TPSA) is 138 Å². The van der Waals surface area contributed by atoms with Gasteiger partial charge in [-0.05, 0) is 6.08 Å². The van der Waals surface area contributed by atoms with Crippen molar-refractivity contribution in [2.45, 2.75) is 48.5 Å². The molecule has 0 aliphatic carbocycles. The molecule has 0 aromatic carbocycles. The number of thioether (sulfide) groups is 1. The van der Waals surface area contributed by atoms with Crippen LogP contribution in [0.4, 0.5) is 0 Å². The van der Waals surface area contributed by atoms with Crippen molar-refractivity contribution in [3.8, 4) is 0 Å². The molecule has 3 rings (SSSR count). The summed E-state index contributed by atoms with van der Waals surface area (Å²) in [4.78, 5) is 13.7. The SMILES string of the molecule is CO[C@H]1O[C@H](CN2C(=O)CS[C@@H]2C2=C[C@@H](O)[C@H](OC)O2)[C@@H](O)[C@H](O)[C@H]1O. The van der Waals surface area contributed by atoms with E-state index >= 15 is 0 Å². The average Bonchev–Trinajstić information content (AvgIpc) is 3.18. The largest absolute Gasteiger partial charge is 0.463 e. The Hall–Kier alpha value is -0.920. The zero-order valence-electron chi connectivity index (χ0n) is 14.3. The maximum absolute atomic E-state index is 12.3. The summed E-state index contributed by atoms with van der Waals surface area (Å²) in [5.74, 6) is 0.375. The maximum atomic E-state index is 12.3. The summed E-state index contributed by atoms with van der Waals surface area (Å²) in [6, 6.07) is 0. The first kappa shape index (κ1) is 19.8. The molecular weight excluding hydrogens is 370 g/mol. The molecule has 0 saturated carbocycles. The first-order valence-electron chi connectivity index (χ1n) is 8.10. The van der Waals surface area contributed by atoms with E-state index in [1.54, 1.807) is 0 Å². The summed E-state index contributed by atoms with van der Waals surface area (Å²) in [6.07, 6.45) is -6.65. The van der Waals surface area contributed by atoms with Gasteiger partial charge in [0, 0.05) is 14.2 Å². The quantitative estimate of drug-likeness (QED) is 0.399. The minimum Gasteiger partial charge on any atom is -0.463 e. The lowest BCUT2D eigenvalue weighted by molar-refractivity contribution is -0.291. The minimum absolute atomic E-state index is 0.0459. The fourth-order valence-corrected chi connectivity index (χ4v) is 4.31. The number of aliphatic hydroxyl groups is 4. The van der Waals surface area contributed by atoms with E-state index in [4.69, 9.17) is 18.9 Å². The van der Waals surface area contributed by atoms with E-state index in [1.165, 1.54) is 37.0 Å². The Bertz CT molecular complexity index is 559. The van der Waals surface area contributed by atoms with Crippen LogP contribution in [-0.4, -0.2) is 106 Å². The van der Waals surface area contributed by atoms with Crippen molar-refractivity contribution in [1.29, 1.82) is 0 Å². The van der Waals surface area contributed by atoms with Gasteiger partial charge in [0.1, 0.15) is 41.7 Å². The molecule has 0 aromatic heterocycles. The third kappa shape index (κ3) is 3.58. The van der Waals surface area contributed by atoms with Crippen LogP contribution in [0.15, 0.2) is 11.8 Å². The number of rotatable bonds is 5. The fourth-order valence-electron chi connectivity index (χ4n) is 3.16. The van der Waals surface area contributed by atoms with Gasteiger partial charge in [-0.3, -0.25) is 4.79 Å². The molecule has 26 heavy (non-hydrogen) atoms. The van der Waals surface area contributed by atoms with Crippen molar-refractivity contribution in [3.63, 3.8) is 0 Å². The van der Waals surface area contributed by atoms with Crippen molar-refractivity contribution in [2.24, 2.45) is 0 Å². The van der Waals surface area contributed by atoms with Crippen molar-refractivity contribution >= 4 is 17.7 Å². The molecule has 0 aromatic rings. The summed E-state index contributed by atoms with van der Waals surface area (Å²) in [5, 5.41) is 39.4. The van der Waals surface area contributed by atoms with Crippen LogP contribution in [0, 0.1) is 0 Å². The van der Waals surface area contributed by atoms with Gasteiger partial charge in [-0.25, -0.2) is 0 Å². The van der Waals surface area contributed by atoms with E-state index in [-0.39, 0.29) is 18.2 Å². The van der Waals surface area contributed by atoms with Gasteiger partial charge in [0.05, 0.1) is 12.3 Å². The molecule has 0 radical (unpaired) electrons. The van der Waals surface area contributed by atoms with Gasteiger partial charge < -0.3 is 44.3 Å². The number of hydrogen-bond acceptors (Lipinski definition) is 10. The first-order chi connectivity index (χ1) is 12.4. The third-order valence-electron chi connectivity index (χ3n) is 4.59. The number of methoxy groups -OCH3 is 2. The van der Waals surface area contributed by atoms with Crippen LogP contribution in [0.2, 0.25) is 0 Å². The molecule has 1 amide bonds. The van der Waals surface area contributed by atoms with Crippen molar-refractivity contribution in [2.75, 3.05) is 26.5 Å². The zero-order valence-corrected chi connectivity index (χ0v) is 15.1. The molecule has 0 bridgehead atoms. The Morgan fingerprint density at radius 1 is 1.15 bits per heavy atom. The summed E-state index contributed by atoms with van der Waals surface area (Å²) in [5.41, 5.74) is 0. The van der Waals surface area contributed by atoms with E-state index in [9.17, 15) is 25.2 Å². The number of hydrogen-bond donors (Lipinski definition) is 4. The van der Waals surface area contributed by atoms with Crippen LogP contribution in [-0.2, 0) is 23.7 Å². The average molecular weight is 393 g/mol. The lowest BCUT2D eigenvalue weighted by Crippen LogP contribution is -2.61. The second-order valence-corrected chi connectivity index (χ2v) is 7.31. The second-order valence-electron chi connectivity index (χ2n) is 6.24. The van der Waals surface area contributed by atoms with Crippen LogP contribution in [0.1, 0.15) is 0 Å². The predicted molar refractivity (Wildman–Crippen MR) is 87.6 cm³/mol. The van der Waals surface area contributed by atoms with Gasteiger partial charge >= 0.3 is 0 Å². The van der Waals surface area contributed by atoms with E-state index in [0.717, 1.165) is 0 Å². The van der Waals surface area contributed by atoms with E-state index < -0.39 is 48.5 Å². The highest BCUT2D eigenvalue weighted by molar-refractivity contribution is 8.01. The van der Waals surface area contributed by atoms with Crippen molar-refractivity contribution in [3.05, 3.63) is 11.8 Å². The molecule has 8 atom stereocenters. The Morgan fingerprint density at radius 3 is 2.46 bits per heavy atom. The molecule has 148 valence electrons. The van der Waals surface area contributed by atoms with E-state index in [0.29, 0.717) is 5.76 Å². The van der Waals surface area contributed by atoms with Gasteiger partial charge in [0.15, 0.2) is 6.29 Å². The van der Waals surface area contributed by atoms with Gasteiger partial charge in [-0.2, -0.15) is 0 Å². The number of amides is 1. The molecule has 10 nitrogen and oxygen atoms in total. The van der Waals surface area contributed by atoms with Crippen LogP contribution in [0.3, 0.4) is 0 Å². The maximum Gasteiger partial charge on any atom is 0.234 e. The normalized spacial score (nSPS) is 43.5. The molecule has 2 fully saturated rings. The molecule has 3 aliphatic rings. The predicted octanol–water partition coefficient (Wildman–Crippen LogP) is -2.41. The Morgan fingerprint density at radius 2 is 1.85 bits per heavy atom. The fraction of sp³-hybridized carbons (Fsp3) is 0.800. The van der Waals surface area contributed by atoms with Crippen LogP contribution >= 0.6 is 11.8 Å².